The molecule has 1 atom stereocenters. The number of rotatable bonds is 9. The van der Waals surface area contributed by atoms with Crippen molar-refractivity contribution in [3.8, 4) is 17.2 Å². The molecule has 0 unspecified atom stereocenters. The van der Waals surface area contributed by atoms with E-state index >= 15 is 0 Å². The number of hydrogen-bond donors (Lipinski definition) is 2. The van der Waals surface area contributed by atoms with Gasteiger partial charge in [-0.05, 0) is 25.1 Å². The quantitative estimate of drug-likeness (QED) is 0.704. The fourth-order valence-electron chi connectivity index (χ4n) is 2.26. The van der Waals surface area contributed by atoms with Gasteiger partial charge in [0.05, 0.1) is 6.61 Å². The van der Waals surface area contributed by atoms with Crippen LogP contribution in [0.5, 0.6) is 17.2 Å². The van der Waals surface area contributed by atoms with Crippen LogP contribution in [0.2, 0.25) is 0 Å². The van der Waals surface area contributed by atoms with E-state index in [1.807, 2.05) is 4.90 Å². The van der Waals surface area contributed by atoms with Crippen molar-refractivity contribution in [1.82, 2.24) is 4.90 Å². The number of ether oxygens (including phenoxy) is 3. The first-order chi connectivity index (χ1) is 10.2. The molecule has 1 aromatic carbocycles. The highest BCUT2D eigenvalue weighted by atomic mass is 16.7. The molecule has 2 N–H and O–H groups in total. The topological polar surface area (TPSA) is 71.4 Å². The molecule has 6 nitrogen and oxygen atoms in total. The second-order valence-electron chi connectivity index (χ2n) is 5.00. The van der Waals surface area contributed by atoms with Gasteiger partial charge in [-0.3, -0.25) is 4.90 Å². The minimum atomic E-state index is -0.603. The molecule has 21 heavy (non-hydrogen) atoms. The number of fused-ring (bicyclic) bond motifs is 1. The third-order valence-corrected chi connectivity index (χ3v) is 3.21. The molecule has 0 spiro atoms. The lowest BCUT2D eigenvalue weighted by Crippen LogP contribution is -2.37. The lowest BCUT2D eigenvalue weighted by atomic mass is 10.3. The fourth-order valence-corrected chi connectivity index (χ4v) is 2.26. The smallest absolute Gasteiger partial charge is 0.231 e. The predicted molar refractivity (Wildman–Crippen MR) is 77.9 cm³/mol. The van der Waals surface area contributed by atoms with Crippen molar-refractivity contribution in [3.05, 3.63) is 18.2 Å². The largest absolute Gasteiger partial charge is 0.491 e. The summed E-state index contributed by atoms with van der Waals surface area (Å²) in [5.41, 5.74) is 0. The van der Waals surface area contributed by atoms with E-state index in [2.05, 4.69) is 6.92 Å². The maximum absolute atomic E-state index is 10.0. The van der Waals surface area contributed by atoms with Crippen molar-refractivity contribution in [2.75, 3.05) is 39.6 Å². The first-order valence-electron chi connectivity index (χ1n) is 7.26. The van der Waals surface area contributed by atoms with Crippen molar-refractivity contribution < 1.29 is 24.4 Å². The normalized spacial score (nSPS) is 14.5. The predicted octanol–water partition coefficient (Wildman–Crippen LogP) is 0.859. The molecule has 0 amide bonds. The van der Waals surface area contributed by atoms with Gasteiger partial charge in [0.1, 0.15) is 18.5 Å². The summed E-state index contributed by atoms with van der Waals surface area (Å²) in [6.45, 7) is 4.49. The van der Waals surface area contributed by atoms with Crippen molar-refractivity contribution in [3.63, 3.8) is 0 Å². The van der Waals surface area contributed by atoms with E-state index in [-0.39, 0.29) is 20.0 Å². The van der Waals surface area contributed by atoms with Gasteiger partial charge < -0.3 is 24.4 Å². The van der Waals surface area contributed by atoms with Crippen LogP contribution in [0, 0.1) is 0 Å². The molecule has 118 valence electrons. The summed E-state index contributed by atoms with van der Waals surface area (Å²) in [5, 5.41) is 19.0. The Labute approximate surface area is 124 Å². The lowest BCUT2D eigenvalue weighted by molar-refractivity contribution is 0.0618. The Morgan fingerprint density at radius 3 is 2.86 bits per heavy atom. The Kier molecular flexibility index (Phi) is 6.10. The van der Waals surface area contributed by atoms with Gasteiger partial charge in [0, 0.05) is 19.2 Å². The van der Waals surface area contributed by atoms with E-state index < -0.39 is 6.10 Å². The van der Waals surface area contributed by atoms with E-state index in [0.29, 0.717) is 30.3 Å². The molecule has 0 radical (unpaired) electrons. The highest BCUT2D eigenvalue weighted by Gasteiger charge is 2.15. The van der Waals surface area contributed by atoms with Gasteiger partial charge >= 0.3 is 0 Å². The first kappa shape index (κ1) is 15.9. The summed E-state index contributed by atoms with van der Waals surface area (Å²) >= 11 is 0. The SMILES string of the molecule is CCCN(CCO)C[C@@H](O)COc1ccc2c(c1)OCO2. The average molecular weight is 297 g/mol. The van der Waals surface area contributed by atoms with Crippen LogP contribution < -0.4 is 14.2 Å². The molecule has 1 heterocycles. The van der Waals surface area contributed by atoms with Crippen LogP contribution >= 0.6 is 0 Å². The van der Waals surface area contributed by atoms with E-state index in [1.54, 1.807) is 18.2 Å². The highest BCUT2D eigenvalue weighted by molar-refractivity contribution is 5.46. The zero-order valence-electron chi connectivity index (χ0n) is 12.3. The summed E-state index contributed by atoms with van der Waals surface area (Å²) < 4.78 is 16.1. The van der Waals surface area contributed by atoms with E-state index in [4.69, 9.17) is 19.3 Å². The maximum Gasteiger partial charge on any atom is 0.231 e. The van der Waals surface area contributed by atoms with E-state index in [1.165, 1.54) is 0 Å². The Hall–Kier alpha value is -1.50. The van der Waals surface area contributed by atoms with Crippen LogP contribution in [0.25, 0.3) is 0 Å². The Morgan fingerprint density at radius 1 is 1.29 bits per heavy atom. The molecule has 0 saturated heterocycles. The van der Waals surface area contributed by atoms with Gasteiger partial charge in [-0.2, -0.15) is 0 Å². The molecular formula is C15H23NO5. The minimum Gasteiger partial charge on any atom is -0.491 e. The van der Waals surface area contributed by atoms with Gasteiger partial charge in [0.15, 0.2) is 11.5 Å². The number of hydrogen-bond acceptors (Lipinski definition) is 6. The molecule has 2 rings (SSSR count). The highest BCUT2D eigenvalue weighted by Crippen LogP contribution is 2.35. The molecule has 0 aliphatic carbocycles. The van der Waals surface area contributed by atoms with Crippen molar-refractivity contribution in [2.24, 2.45) is 0 Å². The third-order valence-electron chi connectivity index (χ3n) is 3.21. The summed E-state index contributed by atoms with van der Waals surface area (Å²) in [5.74, 6) is 2.01. The van der Waals surface area contributed by atoms with Crippen LogP contribution in [0.15, 0.2) is 18.2 Å². The van der Waals surface area contributed by atoms with Crippen molar-refractivity contribution in [2.45, 2.75) is 19.4 Å². The molecule has 0 bridgehead atoms. The molecule has 0 aromatic heterocycles. The third kappa shape index (κ3) is 4.77. The molecule has 1 aliphatic rings. The zero-order valence-corrected chi connectivity index (χ0v) is 12.3. The maximum atomic E-state index is 10.0. The van der Waals surface area contributed by atoms with Gasteiger partial charge in [-0.25, -0.2) is 0 Å². The Balaban J connectivity index is 1.79. The first-order valence-corrected chi connectivity index (χ1v) is 7.26. The number of nitrogens with zero attached hydrogens (tertiary/aromatic N) is 1. The number of aliphatic hydroxyl groups excluding tert-OH is 2. The van der Waals surface area contributed by atoms with E-state index in [0.717, 1.165) is 13.0 Å². The van der Waals surface area contributed by atoms with Crippen LogP contribution in [-0.4, -0.2) is 60.9 Å². The second kappa shape index (κ2) is 8.07. The fraction of sp³-hybridized carbons (Fsp3) is 0.600. The van der Waals surface area contributed by atoms with Gasteiger partial charge in [0.2, 0.25) is 6.79 Å². The molecule has 6 heteroatoms. The van der Waals surface area contributed by atoms with Crippen LogP contribution in [-0.2, 0) is 0 Å². The molecular weight excluding hydrogens is 274 g/mol. The Morgan fingerprint density at radius 2 is 2.10 bits per heavy atom. The minimum absolute atomic E-state index is 0.0930. The monoisotopic (exact) mass is 297 g/mol. The molecule has 0 fully saturated rings. The summed E-state index contributed by atoms with van der Waals surface area (Å²) in [7, 11) is 0. The van der Waals surface area contributed by atoms with Gasteiger partial charge in [-0.15, -0.1) is 0 Å². The van der Waals surface area contributed by atoms with Crippen LogP contribution in [0.1, 0.15) is 13.3 Å². The Bertz CT molecular complexity index is 434. The average Bonchev–Trinajstić information content (AvgIpc) is 2.93. The standard InChI is InChI=1S/C15H23NO5/c1-2-5-16(6-7-17)9-12(18)10-19-13-3-4-14-15(8-13)21-11-20-14/h3-4,8,12,17-18H,2,5-7,9-11H2,1H3/t12-/m1/s1. The second-order valence-corrected chi connectivity index (χ2v) is 5.00. The lowest BCUT2D eigenvalue weighted by Gasteiger charge is -2.23. The number of benzene rings is 1. The summed E-state index contributed by atoms with van der Waals surface area (Å²) in [6.07, 6.45) is 0.379. The van der Waals surface area contributed by atoms with Crippen LogP contribution in [0.3, 0.4) is 0 Å². The molecule has 1 aliphatic heterocycles. The zero-order chi connectivity index (χ0) is 15.1. The summed E-state index contributed by atoms with van der Waals surface area (Å²) in [6, 6.07) is 5.34. The van der Waals surface area contributed by atoms with Crippen molar-refractivity contribution in [1.29, 1.82) is 0 Å². The van der Waals surface area contributed by atoms with Gasteiger partial charge in [-0.1, -0.05) is 6.92 Å². The molecule has 1 aromatic rings. The van der Waals surface area contributed by atoms with E-state index in [9.17, 15) is 5.11 Å². The van der Waals surface area contributed by atoms with Crippen molar-refractivity contribution >= 4 is 0 Å². The molecule has 0 saturated carbocycles. The number of aliphatic hydroxyl groups is 2. The van der Waals surface area contributed by atoms with Crippen LogP contribution in [0.4, 0.5) is 0 Å². The summed E-state index contributed by atoms with van der Waals surface area (Å²) in [4.78, 5) is 2.02. The van der Waals surface area contributed by atoms with Gasteiger partial charge in [0.25, 0.3) is 0 Å².